The summed E-state index contributed by atoms with van der Waals surface area (Å²) >= 11 is 6.80. The van der Waals surface area contributed by atoms with E-state index in [-0.39, 0.29) is 22.5 Å². The minimum Gasteiger partial charge on any atom is -0.363 e. The molecule has 1 aromatic heterocycles. The molecule has 0 saturated carbocycles. The molecule has 19 heavy (non-hydrogen) atoms. The minimum atomic E-state index is -0.487. The second-order valence-electron chi connectivity index (χ2n) is 3.59. The van der Waals surface area contributed by atoms with Gasteiger partial charge in [-0.25, -0.2) is 4.39 Å². The maximum absolute atomic E-state index is 13.0. The summed E-state index contributed by atoms with van der Waals surface area (Å²) in [5, 5.41) is 13.8. The summed E-state index contributed by atoms with van der Waals surface area (Å²) < 4.78 is 13.0. The zero-order valence-corrected chi connectivity index (χ0v) is 11.5. The summed E-state index contributed by atoms with van der Waals surface area (Å²) in [6.07, 6.45) is 0. The third kappa shape index (κ3) is 3.39. The number of hydrogen-bond acceptors (Lipinski definition) is 5. The van der Waals surface area contributed by atoms with E-state index in [0.29, 0.717) is 10.7 Å². The van der Waals surface area contributed by atoms with Crippen LogP contribution < -0.4 is 10.6 Å². The molecule has 0 unspecified atom stereocenters. The van der Waals surface area contributed by atoms with Crippen LogP contribution in [0.1, 0.15) is 15.4 Å². The van der Waals surface area contributed by atoms with Gasteiger partial charge in [0.2, 0.25) is 10.1 Å². The summed E-state index contributed by atoms with van der Waals surface area (Å²) in [4.78, 5) is 11.8. The van der Waals surface area contributed by atoms with E-state index in [2.05, 4.69) is 20.8 Å². The van der Waals surface area contributed by atoms with Gasteiger partial charge in [-0.3, -0.25) is 4.79 Å². The Balaban J connectivity index is 1.98. The highest BCUT2D eigenvalue weighted by Gasteiger charge is 2.12. The van der Waals surface area contributed by atoms with Gasteiger partial charge < -0.3 is 10.6 Å². The third-order valence-corrected chi connectivity index (χ3v) is 3.50. The van der Waals surface area contributed by atoms with Gasteiger partial charge in [0.25, 0.3) is 5.91 Å². The molecule has 8 heteroatoms. The van der Waals surface area contributed by atoms with Gasteiger partial charge in [-0.15, -0.1) is 10.2 Å². The van der Waals surface area contributed by atoms with Crippen molar-refractivity contribution < 1.29 is 9.18 Å². The molecular weight excluding hydrogens is 291 g/mol. The zero-order valence-electron chi connectivity index (χ0n) is 9.91. The van der Waals surface area contributed by atoms with Gasteiger partial charge in [0.1, 0.15) is 5.82 Å². The van der Waals surface area contributed by atoms with Crippen molar-refractivity contribution in [2.45, 2.75) is 6.54 Å². The normalized spacial score (nSPS) is 10.3. The summed E-state index contributed by atoms with van der Waals surface area (Å²) in [7, 11) is 1.70. The van der Waals surface area contributed by atoms with Crippen molar-refractivity contribution in [2.24, 2.45) is 0 Å². The molecule has 1 amide bonds. The van der Waals surface area contributed by atoms with Crippen LogP contribution in [-0.4, -0.2) is 23.2 Å². The molecule has 100 valence electrons. The zero-order chi connectivity index (χ0) is 13.8. The smallest absolute Gasteiger partial charge is 0.282 e. The molecule has 0 atom stereocenters. The van der Waals surface area contributed by atoms with E-state index in [0.717, 1.165) is 11.3 Å². The first-order chi connectivity index (χ1) is 9.10. The lowest BCUT2D eigenvalue weighted by atomic mass is 10.2. The van der Waals surface area contributed by atoms with Crippen molar-refractivity contribution in [1.29, 1.82) is 0 Å². The fourth-order valence-electron chi connectivity index (χ4n) is 1.32. The SMILES string of the molecule is CNc1nnc(C(=O)NCc2ccc(F)c(Cl)c2)s1. The van der Waals surface area contributed by atoms with Crippen LogP contribution >= 0.6 is 22.9 Å². The standard InChI is InChI=1S/C11H10ClFN4OS/c1-14-11-17-16-10(19-11)9(18)15-5-6-2-3-8(13)7(12)4-6/h2-4H,5H2,1H3,(H,14,17)(H,15,18). The fraction of sp³-hybridized carbons (Fsp3) is 0.182. The van der Waals surface area contributed by atoms with E-state index in [1.807, 2.05) is 0 Å². The largest absolute Gasteiger partial charge is 0.363 e. The van der Waals surface area contributed by atoms with Crippen molar-refractivity contribution in [2.75, 3.05) is 12.4 Å². The highest BCUT2D eigenvalue weighted by molar-refractivity contribution is 7.17. The maximum atomic E-state index is 13.0. The molecule has 5 nitrogen and oxygen atoms in total. The molecule has 1 aromatic carbocycles. The number of anilines is 1. The summed E-state index contributed by atoms with van der Waals surface area (Å²) in [5.74, 6) is -0.820. The number of nitrogens with zero attached hydrogens (tertiary/aromatic N) is 2. The Morgan fingerprint density at radius 1 is 1.47 bits per heavy atom. The average molecular weight is 301 g/mol. The molecule has 2 rings (SSSR count). The van der Waals surface area contributed by atoms with Crippen molar-refractivity contribution >= 4 is 34.0 Å². The first-order valence-electron chi connectivity index (χ1n) is 5.33. The summed E-state index contributed by atoms with van der Waals surface area (Å²) in [6.45, 7) is 0.243. The minimum absolute atomic E-state index is 0.0279. The molecule has 1 heterocycles. The van der Waals surface area contributed by atoms with Crippen LogP contribution in [0.4, 0.5) is 9.52 Å². The number of nitrogens with one attached hydrogen (secondary N) is 2. The summed E-state index contributed by atoms with van der Waals surface area (Å²) in [6, 6.07) is 4.28. The third-order valence-electron chi connectivity index (χ3n) is 2.27. The van der Waals surface area contributed by atoms with E-state index in [1.165, 1.54) is 12.1 Å². The van der Waals surface area contributed by atoms with Crippen LogP contribution in [0.3, 0.4) is 0 Å². The highest BCUT2D eigenvalue weighted by Crippen LogP contribution is 2.17. The molecule has 2 N–H and O–H groups in total. The lowest BCUT2D eigenvalue weighted by Gasteiger charge is -2.03. The molecule has 0 bridgehead atoms. The van der Waals surface area contributed by atoms with Crippen molar-refractivity contribution in [3.05, 3.63) is 39.6 Å². The van der Waals surface area contributed by atoms with Crippen molar-refractivity contribution in [1.82, 2.24) is 15.5 Å². The number of carbonyl (C=O) groups is 1. The van der Waals surface area contributed by atoms with E-state index in [9.17, 15) is 9.18 Å². The number of aromatic nitrogens is 2. The molecule has 0 aliphatic carbocycles. The molecular formula is C11H10ClFN4OS. The first-order valence-corrected chi connectivity index (χ1v) is 6.53. The molecule has 0 aliphatic heterocycles. The van der Waals surface area contributed by atoms with Gasteiger partial charge >= 0.3 is 0 Å². The molecule has 0 aliphatic rings. The van der Waals surface area contributed by atoms with Gasteiger partial charge in [0, 0.05) is 13.6 Å². The number of amides is 1. The van der Waals surface area contributed by atoms with Crippen molar-refractivity contribution in [3.8, 4) is 0 Å². The number of carbonyl (C=O) groups excluding carboxylic acids is 1. The molecule has 2 aromatic rings. The Bertz CT molecular complexity index is 604. The Hall–Kier alpha value is -1.73. The molecule has 0 fully saturated rings. The van der Waals surface area contributed by atoms with E-state index >= 15 is 0 Å². The lowest BCUT2D eigenvalue weighted by Crippen LogP contribution is -2.22. The van der Waals surface area contributed by atoms with E-state index in [1.54, 1.807) is 13.1 Å². The lowest BCUT2D eigenvalue weighted by molar-refractivity contribution is 0.0950. The van der Waals surface area contributed by atoms with Crippen molar-refractivity contribution in [3.63, 3.8) is 0 Å². The fourth-order valence-corrected chi connectivity index (χ4v) is 2.14. The Kier molecular flexibility index (Phi) is 4.28. The van der Waals surface area contributed by atoms with Gasteiger partial charge in [0.15, 0.2) is 0 Å². The predicted octanol–water partition coefficient (Wildman–Crippen LogP) is 2.30. The number of halogens is 2. The average Bonchev–Trinajstić information content (AvgIpc) is 2.88. The van der Waals surface area contributed by atoms with Crippen LogP contribution in [0.25, 0.3) is 0 Å². The Morgan fingerprint density at radius 2 is 2.26 bits per heavy atom. The van der Waals surface area contributed by atoms with Gasteiger partial charge in [0.05, 0.1) is 5.02 Å². The number of hydrogen-bond donors (Lipinski definition) is 2. The second kappa shape index (κ2) is 5.94. The predicted molar refractivity (Wildman–Crippen MR) is 72.0 cm³/mol. The van der Waals surface area contributed by atoms with E-state index < -0.39 is 5.82 Å². The van der Waals surface area contributed by atoms with Gasteiger partial charge in [-0.2, -0.15) is 0 Å². The van der Waals surface area contributed by atoms with Crippen LogP contribution in [-0.2, 0) is 6.54 Å². The first kappa shape index (κ1) is 13.7. The van der Waals surface area contributed by atoms with Gasteiger partial charge in [-0.05, 0) is 17.7 Å². The topological polar surface area (TPSA) is 66.9 Å². The quantitative estimate of drug-likeness (QED) is 0.909. The molecule has 0 spiro atoms. The van der Waals surface area contributed by atoms with Crippen LogP contribution in [0.2, 0.25) is 5.02 Å². The number of rotatable bonds is 4. The Morgan fingerprint density at radius 3 is 2.89 bits per heavy atom. The van der Waals surface area contributed by atoms with Gasteiger partial charge in [-0.1, -0.05) is 29.0 Å². The number of benzene rings is 1. The van der Waals surface area contributed by atoms with Crippen LogP contribution in [0, 0.1) is 5.82 Å². The maximum Gasteiger partial charge on any atom is 0.282 e. The summed E-state index contributed by atoms with van der Waals surface area (Å²) in [5.41, 5.74) is 0.707. The van der Waals surface area contributed by atoms with Crippen LogP contribution in [0.5, 0.6) is 0 Å². The van der Waals surface area contributed by atoms with E-state index in [4.69, 9.17) is 11.6 Å². The molecule has 0 saturated heterocycles. The Labute approximate surface area is 117 Å². The monoisotopic (exact) mass is 300 g/mol. The molecule has 0 radical (unpaired) electrons. The van der Waals surface area contributed by atoms with Crippen LogP contribution in [0.15, 0.2) is 18.2 Å². The second-order valence-corrected chi connectivity index (χ2v) is 4.98. The highest BCUT2D eigenvalue weighted by atomic mass is 35.5.